The number of anilines is 1. The number of ether oxygens (including phenoxy) is 1. The molecular weight excluding hydrogens is 390 g/mol. The van der Waals surface area contributed by atoms with Gasteiger partial charge >= 0.3 is 0 Å². The van der Waals surface area contributed by atoms with Crippen molar-refractivity contribution >= 4 is 22.7 Å². The molecule has 3 aromatic carbocycles. The Balaban J connectivity index is 1.43. The smallest absolute Gasteiger partial charge is 0.204 e. The first-order valence-electron chi connectivity index (χ1n) is 9.78. The molecule has 30 heavy (non-hydrogen) atoms. The van der Waals surface area contributed by atoms with Gasteiger partial charge in [0.15, 0.2) is 0 Å². The molecular formula is C25H23N3OS. The topological polar surface area (TPSA) is 46.5 Å². The molecule has 5 heteroatoms. The van der Waals surface area contributed by atoms with E-state index in [0.717, 1.165) is 38.1 Å². The van der Waals surface area contributed by atoms with E-state index in [-0.39, 0.29) is 0 Å². The fourth-order valence-electron chi connectivity index (χ4n) is 3.03. The zero-order valence-electron chi connectivity index (χ0n) is 17.0. The molecule has 0 spiro atoms. The minimum Gasteiger partial charge on any atom is -0.488 e. The van der Waals surface area contributed by atoms with E-state index in [0.29, 0.717) is 6.61 Å². The highest BCUT2D eigenvalue weighted by Crippen LogP contribution is 2.30. The average molecular weight is 414 g/mol. The van der Waals surface area contributed by atoms with Gasteiger partial charge in [0, 0.05) is 16.0 Å². The monoisotopic (exact) mass is 413 g/mol. The van der Waals surface area contributed by atoms with E-state index in [1.54, 1.807) is 17.6 Å². The van der Waals surface area contributed by atoms with Gasteiger partial charge in [-0.1, -0.05) is 72.3 Å². The number of hydrogen-bond donors (Lipinski definition) is 1. The van der Waals surface area contributed by atoms with Crippen LogP contribution >= 0.6 is 11.3 Å². The number of hydrazone groups is 1. The third kappa shape index (κ3) is 4.93. The molecule has 0 aliphatic carbocycles. The first-order chi connectivity index (χ1) is 14.7. The van der Waals surface area contributed by atoms with Crippen LogP contribution in [0.2, 0.25) is 0 Å². The number of thiazole rings is 1. The van der Waals surface area contributed by atoms with Gasteiger partial charge in [0.05, 0.1) is 11.9 Å². The Kier molecular flexibility index (Phi) is 6.20. The van der Waals surface area contributed by atoms with E-state index < -0.39 is 0 Å². The number of benzene rings is 3. The van der Waals surface area contributed by atoms with Crippen molar-refractivity contribution in [3.8, 4) is 17.0 Å². The second kappa shape index (κ2) is 9.37. The summed E-state index contributed by atoms with van der Waals surface area (Å²) in [4.78, 5) is 5.83. The predicted octanol–water partition coefficient (Wildman–Crippen LogP) is 6.45. The zero-order valence-corrected chi connectivity index (χ0v) is 17.8. The maximum Gasteiger partial charge on any atom is 0.204 e. The number of hydrogen-bond acceptors (Lipinski definition) is 5. The summed E-state index contributed by atoms with van der Waals surface area (Å²) in [6.45, 7) is 4.67. The minimum atomic E-state index is 0.519. The van der Waals surface area contributed by atoms with Gasteiger partial charge in [-0.25, -0.2) is 4.98 Å². The Morgan fingerprint density at radius 2 is 1.67 bits per heavy atom. The highest BCUT2D eigenvalue weighted by molar-refractivity contribution is 7.15. The number of nitrogens with one attached hydrogen (secondary N) is 1. The maximum absolute atomic E-state index is 6.01. The number of aromatic nitrogens is 1. The first-order valence-corrected chi connectivity index (χ1v) is 10.6. The molecule has 4 nitrogen and oxygen atoms in total. The second-order valence-corrected chi connectivity index (χ2v) is 8.18. The summed E-state index contributed by atoms with van der Waals surface area (Å²) in [5.74, 6) is 0.795. The summed E-state index contributed by atoms with van der Waals surface area (Å²) in [6, 6.07) is 26.4. The standard InChI is InChI=1S/C25H23N3OS/c1-18-12-14-20(15-13-18)17-29-23-11-7-6-10-22(23)16-26-28-25-27-24(19(2)30-25)21-8-4-3-5-9-21/h3-16H,17H2,1-2H3,(H,27,28)/b26-16-. The van der Waals surface area contributed by atoms with Crippen LogP contribution in [0.25, 0.3) is 11.3 Å². The molecule has 0 aliphatic rings. The highest BCUT2D eigenvalue weighted by Gasteiger charge is 2.09. The quantitative estimate of drug-likeness (QED) is 0.280. The van der Waals surface area contributed by atoms with Crippen LogP contribution in [-0.4, -0.2) is 11.2 Å². The summed E-state index contributed by atoms with van der Waals surface area (Å²) in [5, 5.41) is 5.14. The molecule has 1 heterocycles. The van der Waals surface area contributed by atoms with Crippen molar-refractivity contribution in [3.05, 3.63) is 100 Å². The molecule has 1 aromatic heterocycles. The van der Waals surface area contributed by atoms with E-state index >= 15 is 0 Å². The van der Waals surface area contributed by atoms with Crippen molar-refractivity contribution in [2.24, 2.45) is 5.10 Å². The Morgan fingerprint density at radius 3 is 2.47 bits per heavy atom. The van der Waals surface area contributed by atoms with E-state index in [2.05, 4.69) is 65.8 Å². The Morgan fingerprint density at radius 1 is 0.933 bits per heavy atom. The van der Waals surface area contributed by atoms with Crippen LogP contribution in [0, 0.1) is 13.8 Å². The Hall–Kier alpha value is -3.44. The summed E-state index contributed by atoms with van der Waals surface area (Å²) < 4.78 is 6.01. The fraction of sp³-hybridized carbons (Fsp3) is 0.120. The fourth-order valence-corrected chi connectivity index (χ4v) is 3.81. The molecule has 0 fully saturated rings. The van der Waals surface area contributed by atoms with Crippen molar-refractivity contribution in [1.29, 1.82) is 0 Å². The van der Waals surface area contributed by atoms with Crippen molar-refractivity contribution in [2.75, 3.05) is 5.43 Å². The zero-order chi connectivity index (χ0) is 20.8. The van der Waals surface area contributed by atoms with Gasteiger partial charge in [0.25, 0.3) is 0 Å². The highest BCUT2D eigenvalue weighted by atomic mass is 32.1. The van der Waals surface area contributed by atoms with Crippen molar-refractivity contribution < 1.29 is 4.74 Å². The lowest BCUT2D eigenvalue weighted by atomic mass is 10.1. The number of nitrogens with zero attached hydrogens (tertiary/aromatic N) is 2. The minimum absolute atomic E-state index is 0.519. The summed E-state index contributed by atoms with van der Waals surface area (Å²) in [5.41, 5.74) is 8.44. The number of para-hydroxylation sites is 1. The van der Waals surface area contributed by atoms with Crippen LogP contribution in [0.4, 0.5) is 5.13 Å². The van der Waals surface area contributed by atoms with Gasteiger partial charge in [-0.15, -0.1) is 11.3 Å². The van der Waals surface area contributed by atoms with Gasteiger partial charge < -0.3 is 4.74 Å². The normalized spacial score (nSPS) is 11.0. The first kappa shape index (κ1) is 19.9. The molecule has 4 rings (SSSR count). The molecule has 0 atom stereocenters. The number of aryl methyl sites for hydroxylation is 2. The summed E-state index contributed by atoms with van der Waals surface area (Å²) >= 11 is 1.59. The van der Waals surface area contributed by atoms with E-state index in [1.165, 1.54) is 5.56 Å². The van der Waals surface area contributed by atoms with Crippen LogP contribution in [0.15, 0.2) is 84.0 Å². The molecule has 1 N–H and O–H groups in total. The average Bonchev–Trinajstić information content (AvgIpc) is 3.15. The molecule has 0 amide bonds. The molecule has 0 radical (unpaired) electrons. The van der Waals surface area contributed by atoms with E-state index in [4.69, 9.17) is 4.74 Å². The lowest BCUT2D eigenvalue weighted by molar-refractivity contribution is 0.306. The van der Waals surface area contributed by atoms with Gasteiger partial charge in [-0.05, 0) is 31.5 Å². The van der Waals surface area contributed by atoms with Gasteiger partial charge in [0.1, 0.15) is 12.4 Å². The second-order valence-electron chi connectivity index (χ2n) is 6.97. The maximum atomic E-state index is 6.01. The van der Waals surface area contributed by atoms with Crippen LogP contribution in [-0.2, 0) is 6.61 Å². The van der Waals surface area contributed by atoms with Crippen LogP contribution in [0.1, 0.15) is 21.6 Å². The van der Waals surface area contributed by atoms with Crippen molar-refractivity contribution in [2.45, 2.75) is 20.5 Å². The summed E-state index contributed by atoms with van der Waals surface area (Å²) in [7, 11) is 0. The molecule has 0 saturated carbocycles. The van der Waals surface area contributed by atoms with Crippen LogP contribution in [0.5, 0.6) is 5.75 Å². The predicted molar refractivity (Wildman–Crippen MR) is 125 cm³/mol. The van der Waals surface area contributed by atoms with Gasteiger partial charge in [0.2, 0.25) is 5.13 Å². The van der Waals surface area contributed by atoms with Crippen LogP contribution in [0.3, 0.4) is 0 Å². The SMILES string of the molecule is Cc1ccc(COc2ccccc2/C=N\Nc2nc(-c3ccccc3)c(C)s2)cc1. The lowest BCUT2D eigenvalue weighted by Crippen LogP contribution is -1.99. The molecule has 0 aliphatic heterocycles. The van der Waals surface area contributed by atoms with Crippen LogP contribution < -0.4 is 10.2 Å². The van der Waals surface area contributed by atoms with Crippen molar-refractivity contribution in [3.63, 3.8) is 0 Å². The van der Waals surface area contributed by atoms with E-state index in [9.17, 15) is 0 Å². The van der Waals surface area contributed by atoms with Gasteiger partial charge in [-0.3, -0.25) is 5.43 Å². The largest absolute Gasteiger partial charge is 0.488 e. The number of rotatable bonds is 7. The molecule has 4 aromatic rings. The molecule has 0 bridgehead atoms. The molecule has 150 valence electrons. The van der Waals surface area contributed by atoms with Gasteiger partial charge in [-0.2, -0.15) is 5.10 Å². The third-order valence-electron chi connectivity index (χ3n) is 4.64. The van der Waals surface area contributed by atoms with E-state index in [1.807, 2.05) is 42.5 Å². The Bertz CT molecular complexity index is 1130. The summed E-state index contributed by atoms with van der Waals surface area (Å²) in [6.07, 6.45) is 1.77. The van der Waals surface area contributed by atoms with Crippen molar-refractivity contribution in [1.82, 2.24) is 4.98 Å². The molecule has 0 unspecified atom stereocenters. The lowest BCUT2D eigenvalue weighted by Gasteiger charge is -2.09. The molecule has 0 saturated heterocycles. The third-order valence-corrected chi connectivity index (χ3v) is 5.52. The Labute approximate surface area is 180 Å².